The number of carbonyl (C=O) groups excluding carboxylic acids is 1. The summed E-state index contributed by atoms with van der Waals surface area (Å²) < 4.78 is 0. The van der Waals surface area contributed by atoms with Crippen LogP contribution in [0.15, 0.2) is 23.6 Å². The summed E-state index contributed by atoms with van der Waals surface area (Å²) in [5, 5.41) is 14.6. The van der Waals surface area contributed by atoms with Crippen LogP contribution < -0.4 is 5.32 Å². The number of aliphatic carboxylic acids is 1. The maximum Gasteiger partial charge on any atom is 0.309 e. The topological polar surface area (TPSA) is 79.3 Å². The molecule has 1 saturated carbocycles. The molecule has 1 atom stereocenters. The van der Waals surface area contributed by atoms with Gasteiger partial charge < -0.3 is 10.4 Å². The zero-order chi connectivity index (χ0) is 19.4. The summed E-state index contributed by atoms with van der Waals surface area (Å²) in [6, 6.07) is 5.30. The Balaban J connectivity index is 1.78. The zero-order valence-electron chi connectivity index (χ0n) is 14.6. The fraction of sp³-hybridized carbons (Fsp3) is 0.421. The quantitative estimate of drug-likeness (QED) is 0.622. The lowest BCUT2D eigenvalue weighted by molar-refractivity contribution is -0.136. The van der Waals surface area contributed by atoms with Gasteiger partial charge in [-0.3, -0.25) is 9.59 Å². The summed E-state index contributed by atoms with van der Waals surface area (Å²) in [6.45, 7) is 0. The number of carboxylic acids is 1. The first-order valence-electron chi connectivity index (χ1n) is 8.84. The Hall–Kier alpha value is -1.63. The summed E-state index contributed by atoms with van der Waals surface area (Å²) in [7, 11) is 0. The smallest absolute Gasteiger partial charge is 0.309 e. The van der Waals surface area contributed by atoms with Crippen LogP contribution in [0.4, 0.5) is 5.13 Å². The Morgan fingerprint density at radius 3 is 2.67 bits per heavy atom. The van der Waals surface area contributed by atoms with Crippen LogP contribution in [0.2, 0.25) is 10.0 Å². The second-order valence-corrected chi connectivity index (χ2v) is 8.49. The Morgan fingerprint density at radius 1 is 1.26 bits per heavy atom. The molecule has 8 heteroatoms. The lowest BCUT2D eigenvalue weighted by Crippen LogP contribution is -2.23. The van der Waals surface area contributed by atoms with Crippen molar-refractivity contribution in [1.29, 1.82) is 0 Å². The molecule has 0 bridgehead atoms. The molecule has 0 spiro atoms. The minimum absolute atomic E-state index is 0.156. The zero-order valence-corrected chi connectivity index (χ0v) is 16.9. The van der Waals surface area contributed by atoms with Crippen LogP contribution in [0.3, 0.4) is 0 Å². The molecule has 2 aromatic rings. The highest BCUT2D eigenvalue weighted by atomic mass is 35.5. The molecule has 0 saturated heterocycles. The monoisotopic (exact) mass is 426 g/mol. The first kappa shape index (κ1) is 20.1. The van der Waals surface area contributed by atoms with Gasteiger partial charge >= 0.3 is 5.97 Å². The van der Waals surface area contributed by atoms with Gasteiger partial charge in [-0.2, -0.15) is 0 Å². The van der Waals surface area contributed by atoms with Crippen LogP contribution in [0.5, 0.6) is 0 Å². The van der Waals surface area contributed by atoms with Crippen molar-refractivity contribution < 1.29 is 14.7 Å². The minimum Gasteiger partial charge on any atom is -0.481 e. The van der Waals surface area contributed by atoms with Gasteiger partial charge in [0.05, 0.1) is 28.1 Å². The van der Waals surface area contributed by atoms with E-state index in [4.69, 9.17) is 28.3 Å². The average Bonchev–Trinajstić information content (AvgIpc) is 3.27. The molecule has 3 rings (SSSR count). The second-order valence-electron chi connectivity index (χ2n) is 6.82. The van der Waals surface area contributed by atoms with E-state index in [1.807, 2.05) is 6.07 Å². The van der Waals surface area contributed by atoms with Crippen molar-refractivity contribution in [2.75, 3.05) is 5.32 Å². The minimum atomic E-state index is -0.951. The Morgan fingerprint density at radius 2 is 2.00 bits per heavy atom. The third-order valence-corrected chi connectivity index (χ3v) is 6.37. The molecular formula is C19H20Cl2N2O3S. The third-order valence-electron chi connectivity index (χ3n) is 4.82. The van der Waals surface area contributed by atoms with Crippen molar-refractivity contribution in [3.8, 4) is 0 Å². The van der Waals surface area contributed by atoms with E-state index in [2.05, 4.69) is 10.3 Å². The van der Waals surface area contributed by atoms with Gasteiger partial charge in [-0.25, -0.2) is 4.98 Å². The normalized spacial score (nSPS) is 15.6. The van der Waals surface area contributed by atoms with Gasteiger partial charge in [-0.15, -0.1) is 11.3 Å². The van der Waals surface area contributed by atoms with E-state index in [1.165, 1.54) is 24.2 Å². The highest BCUT2D eigenvalue weighted by Crippen LogP contribution is 2.36. The van der Waals surface area contributed by atoms with Crippen molar-refractivity contribution in [2.24, 2.45) is 5.92 Å². The van der Waals surface area contributed by atoms with Crippen LogP contribution in [-0.2, 0) is 16.0 Å². The van der Waals surface area contributed by atoms with Crippen molar-refractivity contribution >= 4 is 51.5 Å². The van der Waals surface area contributed by atoms with E-state index >= 15 is 0 Å². The maximum atomic E-state index is 13.0. The molecule has 1 aromatic heterocycles. The van der Waals surface area contributed by atoms with E-state index in [1.54, 1.807) is 17.5 Å². The predicted molar refractivity (Wildman–Crippen MR) is 108 cm³/mol. The largest absolute Gasteiger partial charge is 0.481 e. The maximum absolute atomic E-state index is 13.0. The Bertz CT molecular complexity index is 834. The molecule has 1 amide bonds. The van der Waals surface area contributed by atoms with Gasteiger partial charge in [0.2, 0.25) is 5.91 Å². The Labute approximate surface area is 171 Å². The lowest BCUT2D eigenvalue weighted by Gasteiger charge is -2.20. The van der Waals surface area contributed by atoms with Crippen molar-refractivity contribution in [1.82, 2.24) is 4.98 Å². The summed E-state index contributed by atoms with van der Waals surface area (Å²) >= 11 is 13.4. The number of carboxylic acid groups (broad SMARTS) is 1. The summed E-state index contributed by atoms with van der Waals surface area (Å²) in [4.78, 5) is 28.0. The van der Waals surface area contributed by atoms with Crippen LogP contribution in [0, 0.1) is 5.92 Å². The number of benzene rings is 1. The SMILES string of the molecule is O=C(O)Cc1csc(NC(=O)C(CC2CCCC2)c2ccc(Cl)c(Cl)c2)n1. The molecule has 27 heavy (non-hydrogen) atoms. The molecular weight excluding hydrogens is 407 g/mol. The van der Waals surface area contributed by atoms with Crippen LogP contribution in [-0.4, -0.2) is 22.0 Å². The molecule has 1 aliphatic rings. The molecule has 5 nitrogen and oxygen atoms in total. The first-order chi connectivity index (χ1) is 12.9. The van der Waals surface area contributed by atoms with Crippen LogP contribution >= 0.6 is 34.5 Å². The van der Waals surface area contributed by atoms with Gasteiger partial charge in [0.1, 0.15) is 0 Å². The number of carbonyl (C=O) groups is 2. The molecule has 1 fully saturated rings. The molecule has 1 unspecified atom stereocenters. The highest BCUT2D eigenvalue weighted by molar-refractivity contribution is 7.13. The summed E-state index contributed by atoms with van der Waals surface area (Å²) in [5.74, 6) is -0.951. The number of hydrogen-bond acceptors (Lipinski definition) is 4. The van der Waals surface area contributed by atoms with E-state index in [0.717, 1.165) is 24.8 Å². The number of nitrogens with one attached hydrogen (secondary N) is 1. The van der Waals surface area contributed by atoms with Crippen LogP contribution in [0.25, 0.3) is 0 Å². The molecule has 0 radical (unpaired) electrons. The molecule has 1 aromatic carbocycles. The van der Waals surface area contributed by atoms with Gasteiger partial charge in [0, 0.05) is 5.38 Å². The van der Waals surface area contributed by atoms with E-state index < -0.39 is 5.97 Å². The van der Waals surface area contributed by atoms with Gasteiger partial charge in [-0.05, 0) is 30.0 Å². The standard InChI is InChI=1S/C19H20Cl2N2O3S/c20-15-6-5-12(8-16(15)21)14(7-11-3-1-2-4-11)18(26)23-19-22-13(10-27-19)9-17(24)25/h5-6,8,10-11,14H,1-4,7,9H2,(H,24,25)(H,22,23,26). The fourth-order valence-corrected chi connectivity index (χ4v) is 4.52. The molecule has 144 valence electrons. The van der Waals surface area contributed by atoms with E-state index in [-0.39, 0.29) is 18.2 Å². The predicted octanol–water partition coefficient (Wildman–Crippen LogP) is 5.38. The number of thiazole rings is 1. The van der Waals surface area contributed by atoms with Gasteiger partial charge in [0.15, 0.2) is 5.13 Å². The number of hydrogen-bond donors (Lipinski definition) is 2. The number of halogens is 2. The number of rotatable bonds is 7. The number of anilines is 1. The lowest BCUT2D eigenvalue weighted by atomic mass is 9.87. The molecule has 1 heterocycles. The second kappa shape index (κ2) is 9.04. The number of nitrogens with zero attached hydrogens (tertiary/aromatic N) is 1. The van der Waals surface area contributed by atoms with Gasteiger partial charge in [-0.1, -0.05) is 55.0 Å². The average molecular weight is 427 g/mol. The van der Waals surface area contributed by atoms with Gasteiger partial charge in [0.25, 0.3) is 0 Å². The highest BCUT2D eigenvalue weighted by Gasteiger charge is 2.27. The van der Waals surface area contributed by atoms with Crippen molar-refractivity contribution in [2.45, 2.75) is 44.4 Å². The van der Waals surface area contributed by atoms with E-state index in [0.29, 0.717) is 26.8 Å². The first-order valence-corrected chi connectivity index (χ1v) is 10.5. The fourth-order valence-electron chi connectivity index (χ4n) is 3.50. The molecule has 2 N–H and O–H groups in total. The Kier molecular flexibility index (Phi) is 6.73. The van der Waals surface area contributed by atoms with Crippen molar-refractivity contribution in [3.63, 3.8) is 0 Å². The third kappa shape index (κ3) is 5.43. The molecule has 1 aliphatic carbocycles. The number of aromatic nitrogens is 1. The summed E-state index contributed by atoms with van der Waals surface area (Å²) in [5.41, 5.74) is 1.26. The summed E-state index contributed by atoms with van der Waals surface area (Å²) in [6.07, 6.45) is 5.24. The van der Waals surface area contributed by atoms with Crippen LogP contribution in [0.1, 0.15) is 49.3 Å². The van der Waals surface area contributed by atoms with E-state index in [9.17, 15) is 9.59 Å². The van der Waals surface area contributed by atoms with Crippen molar-refractivity contribution in [3.05, 3.63) is 44.9 Å². The molecule has 0 aliphatic heterocycles. The number of amides is 1.